The van der Waals surface area contributed by atoms with Crippen LogP contribution in [0.5, 0.6) is 17.2 Å². The Kier molecular flexibility index (Phi) is 12.9. The van der Waals surface area contributed by atoms with Gasteiger partial charge < -0.3 is 24.4 Å². The third kappa shape index (κ3) is 8.82. The van der Waals surface area contributed by atoms with E-state index in [2.05, 4.69) is 5.32 Å². The van der Waals surface area contributed by atoms with Crippen LogP contribution < -0.4 is 23.8 Å². The molecule has 0 saturated carbocycles. The number of amides is 2. The number of carbonyl (C=O) groups is 2. The van der Waals surface area contributed by atoms with Crippen LogP contribution in [-0.4, -0.2) is 65.6 Å². The predicted octanol–water partition coefficient (Wildman–Crippen LogP) is 5.59. The fourth-order valence-corrected chi connectivity index (χ4v) is 6.39. The number of ether oxygens (including phenoxy) is 3. The lowest BCUT2D eigenvalue weighted by Gasteiger charge is -2.33. The Hall–Kier alpha value is -3.96. The third-order valence-electron chi connectivity index (χ3n) is 7.32. The van der Waals surface area contributed by atoms with E-state index in [1.165, 1.54) is 56.6 Å². The normalized spacial score (nSPS) is 11.8. The van der Waals surface area contributed by atoms with E-state index in [4.69, 9.17) is 25.8 Å². The number of halogens is 1. The lowest BCUT2D eigenvalue weighted by Crippen LogP contribution is -2.52. The number of hydrogen-bond acceptors (Lipinski definition) is 7. The first-order chi connectivity index (χ1) is 21.5. The number of nitrogens with one attached hydrogen (secondary N) is 1. The number of carbonyl (C=O) groups excluding carboxylic acids is 2. The van der Waals surface area contributed by atoms with Gasteiger partial charge in [-0.15, -0.1) is 0 Å². The van der Waals surface area contributed by atoms with Gasteiger partial charge in [0.25, 0.3) is 10.0 Å². The molecule has 3 aromatic rings. The van der Waals surface area contributed by atoms with Gasteiger partial charge in [0.15, 0.2) is 11.5 Å². The minimum Gasteiger partial charge on any atom is -0.495 e. The maximum absolute atomic E-state index is 14.4. The number of sulfonamides is 1. The molecule has 1 N–H and O–H groups in total. The maximum Gasteiger partial charge on any atom is 0.265 e. The molecule has 10 nitrogen and oxygen atoms in total. The molecule has 3 rings (SSSR count). The van der Waals surface area contributed by atoms with Gasteiger partial charge in [0.1, 0.15) is 18.3 Å². The van der Waals surface area contributed by atoms with Crippen LogP contribution in [0.1, 0.15) is 44.2 Å². The van der Waals surface area contributed by atoms with Crippen molar-refractivity contribution in [2.24, 2.45) is 0 Å². The zero-order chi connectivity index (χ0) is 33.1. The second-order valence-corrected chi connectivity index (χ2v) is 12.7. The van der Waals surface area contributed by atoms with E-state index in [9.17, 15) is 18.0 Å². The number of hydrogen-bond donors (Lipinski definition) is 1. The second kappa shape index (κ2) is 16.4. The van der Waals surface area contributed by atoms with Gasteiger partial charge in [-0.1, -0.05) is 61.7 Å². The lowest BCUT2D eigenvalue weighted by atomic mass is 10.1. The van der Waals surface area contributed by atoms with Crippen LogP contribution >= 0.6 is 11.6 Å². The predicted molar refractivity (Wildman–Crippen MR) is 176 cm³/mol. The molecule has 0 radical (unpaired) electrons. The number of methoxy groups -OCH3 is 3. The molecule has 0 aliphatic rings. The highest BCUT2D eigenvalue weighted by Gasteiger charge is 2.35. The molecule has 0 fully saturated rings. The zero-order valence-corrected chi connectivity index (χ0v) is 28.2. The molecule has 0 spiro atoms. The highest BCUT2D eigenvalue weighted by Crippen LogP contribution is 2.37. The number of aryl methyl sites for hydroxylation is 1. The van der Waals surface area contributed by atoms with Gasteiger partial charge in [-0.05, 0) is 55.7 Å². The van der Waals surface area contributed by atoms with E-state index in [1.807, 2.05) is 45.0 Å². The van der Waals surface area contributed by atoms with Crippen LogP contribution in [0, 0.1) is 6.92 Å². The van der Waals surface area contributed by atoms with Crippen LogP contribution in [0.15, 0.2) is 65.6 Å². The van der Waals surface area contributed by atoms with Gasteiger partial charge in [-0.25, -0.2) is 8.42 Å². The van der Waals surface area contributed by atoms with Crippen LogP contribution in [0.3, 0.4) is 0 Å². The average Bonchev–Trinajstić information content (AvgIpc) is 3.03. The number of rotatable bonds is 16. The van der Waals surface area contributed by atoms with Crippen molar-refractivity contribution in [3.8, 4) is 17.2 Å². The van der Waals surface area contributed by atoms with Crippen molar-refractivity contribution in [1.29, 1.82) is 0 Å². The minimum absolute atomic E-state index is 0.0591. The topological polar surface area (TPSA) is 114 Å². The standard InChI is InChI=1S/C33H42ClN3O7S/c1-7-9-18-35-33(39)27(8-2)36(21-24-12-10-23(3)11-13-24)32(38)22-37(28-19-25(34)14-16-29(28)42-4)45(40,41)26-15-17-30(43-5)31(20-26)44-6/h10-17,19-20,27H,7-9,18,21-22H2,1-6H3,(H,35,39)/t27-/m0/s1. The van der Waals surface area contributed by atoms with E-state index in [-0.39, 0.29) is 39.6 Å². The first-order valence-corrected chi connectivity index (χ1v) is 16.5. The number of anilines is 1. The Labute approximate surface area is 271 Å². The summed E-state index contributed by atoms with van der Waals surface area (Å²) in [4.78, 5) is 29.0. The van der Waals surface area contributed by atoms with E-state index in [0.717, 1.165) is 28.3 Å². The van der Waals surface area contributed by atoms with E-state index in [1.54, 1.807) is 6.07 Å². The summed E-state index contributed by atoms with van der Waals surface area (Å²) < 4.78 is 45.8. The van der Waals surface area contributed by atoms with E-state index >= 15 is 0 Å². The second-order valence-electron chi connectivity index (χ2n) is 10.4. The highest BCUT2D eigenvalue weighted by molar-refractivity contribution is 7.92. The summed E-state index contributed by atoms with van der Waals surface area (Å²) >= 11 is 6.33. The van der Waals surface area contributed by atoms with Gasteiger partial charge in [0.2, 0.25) is 11.8 Å². The van der Waals surface area contributed by atoms with Crippen molar-refractivity contribution in [2.45, 2.75) is 57.5 Å². The summed E-state index contributed by atoms with van der Waals surface area (Å²) in [6.45, 7) is 5.72. The number of nitrogens with zero attached hydrogens (tertiary/aromatic N) is 2. The molecule has 0 aromatic heterocycles. The zero-order valence-electron chi connectivity index (χ0n) is 26.6. The van der Waals surface area contributed by atoms with Crippen molar-refractivity contribution in [1.82, 2.24) is 10.2 Å². The van der Waals surface area contributed by atoms with Gasteiger partial charge in [-0.2, -0.15) is 0 Å². The molecule has 0 aliphatic carbocycles. The molecule has 0 aliphatic heterocycles. The Morgan fingerprint density at radius 1 is 0.889 bits per heavy atom. The molecule has 2 amide bonds. The Morgan fingerprint density at radius 2 is 1.53 bits per heavy atom. The maximum atomic E-state index is 14.4. The third-order valence-corrected chi connectivity index (χ3v) is 9.31. The first-order valence-electron chi connectivity index (χ1n) is 14.7. The van der Waals surface area contributed by atoms with Crippen molar-refractivity contribution in [2.75, 3.05) is 38.7 Å². The summed E-state index contributed by atoms with van der Waals surface area (Å²) in [7, 11) is -0.190. The molecular formula is C33H42ClN3O7S. The Bertz CT molecular complexity index is 1560. The number of unbranched alkanes of at least 4 members (excludes halogenated alkanes) is 1. The fraction of sp³-hybridized carbons (Fsp3) is 0.394. The molecule has 0 unspecified atom stereocenters. The monoisotopic (exact) mass is 659 g/mol. The van der Waals surface area contributed by atoms with Crippen LogP contribution in [0.25, 0.3) is 0 Å². The highest BCUT2D eigenvalue weighted by atomic mass is 35.5. The SMILES string of the molecule is CCCCNC(=O)[C@H](CC)N(Cc1ccc(C)cc1)C(=O)CN(c1cc(Cl)ccc1OC)S(=O)(=O)c1ccc(OC)c(OC)c1. The summed E-state index contributed by atoms with van der Waals surface area (Å²) in [6.07, 6.45) is 2.01. The summed E-state index contributed by atoms with van der Waals surface area (Å²) in [5.41, 5.74) is 1.90. The van der Waals surface area contributed by atoms with Crippen LogP contribution in [-0.2, 0) is 26.2 Å². The summed E-state index contributed by atoms with van der Waals surface area (Å²) in [6, 6.07) is 15.4. The quantitative estimate of drug-likeness (QED) is 0.199. The summed E-state index contributed by atoms with van der Waals surface area (Å²) in [5.74, 6) is -0.173. The molecule has 0 bridgehead atoms. The van der Waals surface area contributed by atoms with Crippen molar-refractivity contribution in [3.05, 3.63) is 76.8 Å². The van der Waals surface area contributed by atoms with Crippen molar-refractivity contribution >= 4 is 39.1 Å². The molecule has 12 heteroatoms. The fourth-order valence-electron chi connectivity index (χ4n) is 4.79. The van der Waals surface area contributed by atoms with E-state index in [0.29, 0.717) is 18.7 Å². The molecule has 0 saturated heterocycles. The van der Waals surface area contributed by atoms with Crippen molar-refractivity contribution in [3.63, 3.8) is 0 Å². The molecule has 3 aromatic carbocycles. The van der Waals surface area contributed by atoms with Crippen LogP contribution in [0.2, 0.25) is 5.02 Å². The molecular weight excluding hydrogens is 618 g/mol. The van der Waals surface area contributed by atoms with Crippen LogP contribution in [0.4, 0.5) is 5.69 Å². The van der Waals surface area contributed by atoms with E-state index < -0.39 is 28.5 Å². The average molecular weight is 660 g/mol. The molecule has 244 valence electrons. The minimum atomic E-state index is -4.43. The molecule has 0 heterocycles. The van der Waals surface area contributed by atoms with Gasteiger partial charge >= 0.3 is 0 Å². The molecule has 1 atom stereocenters. The largest absolute Gasteiger partial charge is 0.495 e. The van der Waals surface area contributed by atoms with Gasteiger partial charge in [0, 0.05) is 24.2 Å². The van der Waals surface area contributed by atoms with Gasteiger partial charge in [-0.3, -0.25) is 13.9 Å². The van der Waals surface area contributed by atoms with Crippen molar-refractivity contribution < 1.29 is 32.2 Å². The number of benzene rings is 3. The first kappa shape index (κ1) is 35.5. The lowest BCUT2D eigenvalue weighted by molar-refractivity contribution is -0.140. The Balaban J connectivity index is 2.15. The Morgan fingerprint density at radius 3 is 2.13 bits per heavy atom. The summed E-state index contributed by atoms with van der Waals surface area (Å²) in [5, 5.41) is 3.17. The van der Waals surface area contributed by atoms with Gasteiger partial charge in [0.05, 0.1) is 31.9 Å². The molecule has 45 heavy (non-hydrogen) atoms. The smallest absolute Gasteiger partial charge is 0.265 e.